The smallest absolute Gasteiger partial charge is 0.225 e. The molecule has 0 N–H and O–H groups in total. The number of rotatable bonds is 5. The van der Waals surface area contributed by atoms with Gasteiger partial charge in [0.1, 0.15) is 5.78 Å². The summed E-state index contributed by atoms with van der Waals surface area (Å²) in [6.45, 7) is 3.37. The highest BCUT2D eigenvalue weighted by Crippen LogP contribution is 2.33. The van der Waals surface area contributed by atoms with Gasteiger partial charge in [0, 0.05) is 0 Å². The fourth-order valence-electron chi connectivity index (χ4n) is 1.50. The van der Waals surface area contributed by atoms with E-state index in [1.165, 1.54) is 35.5 Å². The van der Waals surface area contributed by atoms with E-state index in [1.807, 2.05) is 6.92 Å². The molecule has 0 saturated carbocycles. The fourth-order valence-corrected chi connectivity index (χ4v) is 5.17. The molecule has 0 spiro atoms. The van der Waals surface area contributed by atoms with Crippen molar-refractivity contribution >= 4 is 38.7 Å². The summed E-state index contributed by atoms with van der Waals surface area (Å²) in [5.74, 6) is 0.251. The summed E-state index contributed by atoms with van der Waals surface area (Å²) in [5, 5.41) is 0.0394. The molecule has 1 heterocycles. The van der Waals surface area contributed by atoms with Crippen LogP contribution >= 0.6 is 23.1 Å². The lowest BCUT2D eigenvalue weighted by Crippen LogP contribution is -2.04. The first kappa shape index (κ1) is 15.2. The Morgan fingerprint density at radius 2 is 1.95 bits per heavy atom. The van der Waals surface area contributed by atoms with E-state index in [0.717, 1.165) is 5.56 Å². The van der Waals surface area contributed by atoms with Crippen LogP contribution in [-0.4, -0.2) is 24.9 Å². The van der Waals surface area contributed by atoms with E-state index in [9.17, 15) is 13.2 Å². The second-order valence-electron chi connectivity index (χ2n) is 4.25. The van der Waals surface area contributed by atoms with E-state index >= 15 is 0 Å². The Balaban J connectivity index is 2.37. The van der Waals surface area contributed by atoms with E-state index in [2.05, 4.69) is 4.98 Å². The summed E-state index contributed by atoms with van der Waals surface area (Å²) < 4.78 is 25.6. The molecule has 7 heteroatoms. The van der Waals surface area contributed by atoms with Gasteiger partial charge in [-0.1, -0.05) is 17.7 Å². The van der Waals surface area contributed by atoms with E-state index in [1.54, 1.807) is 24.3 Å². The maximum atomic E-state index is 12.5. The molecule has 0 aliphatic heterocycles. The molecule has 0 aliphatic rings. The van der Waals surface area contributed by atoms with Gasteiger partial charge in [0.2, 0.25) is 9.84 Å². The molecule has 0 unspecified atom stereocenters. The molecule has 0 radical (unpaired) electrons. The van der Waals surface area contributed by atoms with Crippen molar-refractivity contribution in [2.45, 2.75) is 28.0 Å². The lowest BCUT2D eigenvalue weighted by molar-refractivity contribution is -0.114. The number of hydrogen-bond donors (Lipinski definition) is 0. The van der Waals surface area contributed by atoms with Gasteiger partial charge in [0.25, 0.3) is 0 Å². The topological polar surface area (TPSA) is 64.1 Å². The molecule has 2 aromatic rings. The number of thioether (sulfide) groups is 1. The second kappa shape index (κ2) is 6.07. The number of carbonyl (C=O) groups excluding carboxylic acids is 1. The monoisotopic (exact) mass is 327 g/mol. The summed E-state index contributed by atoms with van der Waals surface area (Å²) in [7, 11) is -3.62. The average molecular weight is 327 g/mol. The molecule has 4 nitrogen and oxygen atoms in total. The maximum absolute atomic E-state index is 12.5. The van der Waals surface area contributed by atoms with Crippen molar-refractivity contribution in [3.8, 4) is 0 Å². The predicted molar refractivity (Wildman–Crippen MR) is 80.1 cm³/mol. The third-order valence-electron chi connectivity index (χ3n) is 2.50. The highest BCUT2D eigenvalue weighted by Gasteiger charge is 2.24. The second-order valence-corrected chi connectivity index (χ2v) is 8.22. The van der Waals surface area contributed by atoms with Crippen molar-refractivity contribution in [3.05, 3.63) is 35.3 Å². The van der Waals surface area contributed by atoms with Crippen LogP contribution in [0, 0.1) is 6.92 Å². The number of hydrogen-bond acceptors (Lipinski definition) is 6. The normalized spacial score (nSPS) is 11.5. The molecule has 0 atom stereocenters. The molecule has 0 aliphatic carbocycles. The van der Waals surface area contributed by atoms with Gasteiger partial charge in [-0.3, -0.25) is 4.79 Å². The Hall–Kier alpha value is -1.18. The molecule has 0 fully saturated rings. The number of aromatic nitrogens is 1. The van der Waals surface area contributed by atoms with Gasteiger partial charge >= 0.3 is 0 Å². The van der Waals surface area contributed by atoms with Gasteiger partial charge in [-0.05, 0) is 26.0 Å². The zero-order valence-corrected chi connectivity index (χ0v) is 13.4. The molecule has 0 saturated heterocycles. The number of benzene rings is 1. The average Bonchev–Trinajstić information content (AvgIpc) is 2.86. The van der Waals surface area contributed by atoms with Gasteiger partial charge in [-0.25, -0.2) is 13.4 Å². The van der Waals surface area contributed by atoms with Crippen molar-refractivity contribution in [2.75, 3.05) is 5.75 Å². The zero-order chi connectivity index (χ0) is 14.8. The van der Waals surface area contributed by atoms with Crippen molar-refractivity contribution in [2.24, 2.45) is 0 Å². The zero-order valence-electron chi connectivity index (χ0n) is 11.0. The van der Waals surface area contributed by atoms with Gasteiger partial charge < -0.3 is 0 Å². The summed E-state index contributed by atoms with van der Waals surface area (Å²) in [4.78, 5) is 15.2. The van der Waals surface area contributed by atoms with Crippen molar-refractivity contribution in [1.29, 1.82) is 0 Å². The molecular weight excluding hydrogens is 314 g/mol. The molecule has 2 rings (SSSR count). The maximum Gasteiger partial charge on any atom is 0.225 e. The molecule has 20 heavy (non-hydrogen) atoms. The summed E-state index contributed by atoms with van der Waals surface area (Å²) in [5.41, 5.74) is 2.48. The Bertz CT molecular complexity index is 718. The first-order chi connectivity index (χ1) is 9.41. The number of thiazole rings is 1. The standard InChI is InChI=1S/C13H13NO3S3/c1-9-3-5-11(6-4-9)20(16,17)12-13(19-8-14-12)18-7-10(2)15/h3-6,8H,7H2,1-2H3. The molecule has 1 aromatic heterocycles. The summed E-state index contributed by atoms with van der Waals surface area (Å²) >= 11 is 2.45. The lowest BCUT2D eigenvalue weighted by Gasteiger charge is -2.04. The minimum Gasteiger partial charge on any atom is -0.299 e. The third kappa shape index (κ3) is 3.28. The fraction of sp³-hybridized carbons (Fsp3) is 0.231. The number of Topliss-reactive ketones (excluding diaryl/α,β-unsaturated/α-hetero) is 1. The third-order valence-corrected chi connectivity index (χ3v) is 6.73. The van der Waals surface area contributed by atoms with Gasteiger partial charge in [0.05, 0.1) is 20.4 Å². The number of aryl methyl sites for hydroxylation is 1. The highest BCUT2D eigenvalue weighted by molar-refractivity contribution is 8.02. The van der Waals surface area contributed by atoms with Crippen molar-refractivity contribution in [3.63, 3.8) is 0 Å². The largest absolute Gasteiger partial charge is 0.299 e. The van der Waals surface area contributed by atoms with Crippen LogP contribution < -0.4 is 0 Å². The van der Waals surface area contributed by atoms with Crippen molar-refractivity contribution < 1.29 is 13.2 Å². The Morgan fingerprint density at radius 3 is 2.55 bits per heavy atom. The minimum absolute atomic E-state index is 0.00193. The van der Waals surface area contributed by atoms with E-state index in [-0.39, 0.29) is 21.5 Å². The predicted octanol–water partition coefficient (Wildman–Crippen LogP) is 2.97. The van der Waals surface area contributed by atoms with E-state index in [4.69, 9.17) is 0 Å². The molecule has 1 aromatic carbocycles. The number of nitrogens with zero attached hydrogens (tertiary/aromatic N) is 1. The van der Waals surface area contributed by atoms with Crippen LogP contribution in [0.5, 0.6) is 0 Å². The highest BCUT2D eigenvalue weighted by atomic mass is 32.2. The first-order valence-corrected chi connectivity index (χ1v) is 9.13. The van der Waals surface area contributed by atoms with Crippen LogP contribution in [0.4, 0.5) is 0 Å². The molecule has 106 valence electrons. The first-order valence-electron chi connectivity index (χ1n) is 5.79. The van der Waals surface area contributed by atoms with E-state index < -0.39 is 9.84 Å². The van der Waals surface area contributed by atoms with Crippen LogP contribution in [0.1, 0.15) is 12.5 Å². The van der Waals surface area contributed by atoms with Gasteiger partial charge in [-0.2, -0.15) is 0 Å². The molecule has 0 amide bonds. The SMILES string of the molecule is CC(=O)CSc1scnc1S(=O)(=O)c1ccc(C)cc1. The minimum atomic E-state index is -3.62. The summed E-state index contributed by atoms with van der Waals surface area (Å²) in [6.07, 6.45) is 0. The summed E-state index contributed by atoms with van der Waals surface area (Å²) in [6, 6.07) is 6.65. The van der Waals surface area contributed by atoms with Crippen LogP contribution in [0.3, 0.4) is 0 Å². The Morgan fingerprint density at radius 1 is 1.30 bits per heavy atom. The van der Waals surface area contributed by atoms with Crippen molar-refractivity contribution in [1.82, 2.24) is 4.98 Å². The van der Waals surface area contributed by atoms with Gasteiger partial charge in [0.15, 0.2) is 5.03 Å². The Labute approximate surface area is 126 Å². The van der Waals surface area contributed by atoms with Crippen LogP contribution in [-0.2, 0) is 14.6 Å². The lowest BCUT2D eigenvalue weighted by atomic mass is 10.2. The quantitative estimate of drug-likeness (QED) is 0.790. The van der Waals surface area contributed by atoms with Crippen LogP contribution in [0.2, 0.25) is 0 Å². The number of ketones is 1. The number of sulfone groups is 1. The molecular formula is C13H13NO3S3. The molecule has 0 bridgehead atoms. The number of carbonyl (C=O) groups is 1. The van der Waals surface area contributed by atoms with Gasteiger partial charge in [-0.15, -0.1) is 23.1 Å². The van der Waals surface area contributed by atoms with Crippen LogP contribution in [0.25, 0.3) is 0 Å². The van der Waals surface area contributed by atoms with E-state index in [0.29, 0.717) is 4.21 Å². The Kier molecular flexibility index (Phi) is 4.62. The van der Waals surface area contributed by atoms with Crippen LogP contribution in [0.15, 0.2) is 43.9 Å².